The van der Waals surface area contributed by atoms with Crippen molar-refractivity contribution in [3.05, 3.63) is 0 Å². The van der Waals surface area contributed by atoms with Crippen molar-refractivity contribution in [1.82, 2.24) is 4.90 Å². The lowest BCUT2D eigenvalue weighted by molar-refractivity contribution is -0.141. The number of hydrogen-bond acceptors (Lipinski definition) is 3. The molecule has 0 aliphatic heterocycles. The van der Waals surface area contributed by atoms with Gasteiger partial charge in [0.1, 0.15) is 0 Å². The molecule has 78 valence electrons. The summed E-state index contributed by atoms with van der Waals surface area (Å²) in [5.74, 6) is -0.123. The first-order valence-electron chi connectivity index (χ1n) is 4.96. The van der Waals surface area contributed by atoms with Gasteiger partial charge >= 0.3 is 5.97 Å². The van der Waals surface area contributed by atoms with E-state index in [0.717, 1.165) is 19.5 Å². The van der Waals surface area contributed by atoms with E-state index >= 15 is 0 Å². The van der Waals surface area contributed by atoms with Crippen molar-refractivity contribution in [1.29, 1.82) is 0 Å². The van der Waals surface area contributed by atoms with Crippen LogP contribution in [-0.2, 0) is 9.53 Å². The highest BCUT2D eigenvalue weighted by Crippen LogP contribution is 2.03. The molecule has 0 aromatic heterocycles. The van der Waals surface area contributed by atoms with Crippen molar-refractivity contribution in [2.24, 2.45) is 0 Å². The van der Waals surface area contributed by atoms with Gasteiger partial charge in [0, 0.05) is 12.6 Å². The topological polar surface area (TPSA) is 29.5 Å². The van der Waals surface area contributed by atoms with Crippen LogP contribution < -0.4 is 0 Å². The average molecular weight is 187 g/mol. The van der Waals surface area contributed by atoms with E-state index in [1.807, 2.05) is 0 Å². The van der Waals surface area contributed by atoms with Gasteiger partial charge in [-0.2, -0.15) is 0 Å². The van der Waals surface area contributed by atoms with Gasteiger partial charge in [-0.3, -0.25) is 4.79 Å². The Bertz CT molecular complexity index is 148. The molecule has 3 nitrogen and oxygen atoms in total. The molecule has 1 unspecified atom stereocenters. The Hall–Kier alpha value is -0.570. The molecule has 13 heavy (non-hydrogen) atoms. The Kier molecular flexibility index (Phi) is 6.59. The van der Waals surface area contributed by atoms with Crippen molar-refractivity contribution in [3.63, 3.8) is 0 Å². The summed E-state index contributed by atoms with van der Waals surface area (Å²) in [5.41, 5.74) is 0. The molecule has 0 bridgehead atoms. The largest absolute Gasteiger partial charge is 0.469 e. The molecule has 0 saturated carbocycles. The smallest absolute Gasteiger partial charge is 0.306 e. The van der Waals surface area contributed by atoms with Crippen molar-refractivity contribution in [3.8, 4) is 0 Å². The molecule has 0 aliphatic carbocycles. The predicted octanol–water partition coefficient (Wildman–Crippen LogP) is 1.67. The second kappa shape index (κ2) is 6.89. The minimum absolute atomic E-state index is 0.123. The lowest BCUT2D eigenvalue weighted by Crippen LogP contribution is -2.34. The Morgan fingerprint density at radius 1 is 1.46 bits per heavy atom. The third kappa shape index (κ3) is 4.88. The molecule has 0 aromatic rings. The van der Waals surface area contributed by atoms with E-state index in [9.17, 15) is 4.79 Å². The molecule has 0 aliphatic rings. The van der Waals surface area contributed by atoms with Gasteiger partial charge in [-0.25, -0.2) is 0 Å². The minimum Gasteiger partial charge on any atom is -0.469 e. The molecule has 0 N–H and O–H groups in total. The second-order valence-electron chi connectivity index (χ2n) is 3.21. The number of hydrogen-bond donors (Lipinski definition) is 0. The first kappa shape index (κ1) is 12.4. The molecule has 0 fully saturated rings. The van der Waals surface area contributed by atoms with E-state index in [2.05, 4.69) is 30.4 Å². The molecule has 1 atom stereocenters. The molecule has 0 rings (SSSR count). The van der Waals surface area contributed by atoms with E-state index in [-0.39, 0.29) is 5.97 Å². The van der Waals surface area contributed by atoms with Gasteiger partial charge in [0.2, 0.25) is 0 Å². The summed E-state index contributed by atoms with van der Waals surface area (Å²) < 4.78 is 4.59. The van der Waals surface area contributed by atoms with Gasteiger partial charge in [0.05, 0.1) is 13.5 Å². The maximum Gasteiger partial charge on any atom is 0.306 e. The molecular weight excluding hydrogens is 166 g/mol. The van der Waals surface area contributed by atoms with Crippen LogP contribution in [0.15, 0.2) is 0 Å². The second-order valence-corrected chi connectivity index (χ2v) is 3.21. The van der Waals surface area contributed by atoms with E-state index in [1.165, 1.54) is 7.11 Å². The summed E-state index contributed by atoms with van der Waals surface area (Å²) in [6.07, 6.45) is 1.61. The highest BCUT2D eigenvalue weighted by atomic mass is 16.5. The summed E-state index contributed by atoms with van der Waals surface area (Å²) in [5, 5.41) is 0. The Morgan fingerprint density at radius 2 is 2.08 bits per heavy atom. The molecular formula is C10H21NO2. The lowest BCUT2D eigenvalue weighted by Gasteiger charge is -2.26. The maximum atomic E-state index is 10.9. The number of nitrogens with zero attached hydrogens (tertiary/aromatic N) is 1. The van der Waals surface area contributed by atoms with E-state index in [1.54, 1.807) is 0 Å². The third-order valence-electron chi connectivity index (χ3n) is 2.45. The Morgan fingerprint density at radius 3 is 2.46 bits per heavy atom. The summed E-state index contributed by atoms with van der Waals surface area (Å²) in [7, 11) is 1.43. The van der Waals surface area contributed by atoms with Gasteiger partial charge in [-0.05, 0) is 19.9 Å². The van der Waals surface area contributed by atoms with Crippen LogP contribution in [0.3, 0.4) is 0 Å². The Labute approximate surface area is 81.1 Å². The number of carbonyl (C=O) groups excluding carboxylic acids is 1. The molecule has 0 radical (unpaired) electrons. The number of methoxy groups -OCH3 is 1. The zero-order valence-corrected chi connectivity index (χ0v) is 9.17. The molecule has 3 heteroatoms. The van der Waals surface area contributed by atoms with Crippen LogP contribution >= 0.6 is 0 Å². The van der Waals surface area contributed by atoms with Crippen molar-refractivity contribution in [2.45, 2.75) is 39.7 Å². The first-order valence-corrected chi connectivity index (χ1v) is 4.96. The average Bonchev–Trinajstić information content (AvgIpc) is 2.17. The fourth-order valence-electron chi connectivity index (χ4n) is 1.29. The van der Waals surface area contributed by atoms with Crippen molar-refractivity contribution < 1.29 is 9.53 Å². The number of esters is 1. The van der Waals surface area contributed by atoms with Crippen LogP contribution in [0.4, 0.5) is 0 Å². The van der Waals surface area contributed by atoms with Crippen LogP contribution in [0.25, 0.3) is 0 Å². The van der Waals surface area contributed by atoms with Gasteiger partial charge in [0.15, 0.2) is 0 Å². The summed E-state index contributed by atoms with van der Waals surface area (Å²) >= 11 is 0. The maximum absolute atomic E-state index is 10.9. The first-order chi connectivity index (χ1) is 6.15. The van der Waals surface area contributed by atoms with Crippen molar-refractivity contribution >= 4 is 5.97 Å². The fourth-order valence-corrected chi connectivity index (χ4v) is 1.29. The number of ether oxygens (including phenoxy) is 1. The fraction of sp³-hybridized carbons (Fsp3) is 0.900. The van der Waals surface area contributed by atoms with Crippen LogP contribution in [0.1, 0.15) is 33.6 Å². The summed E-state index contributed by atoms with van der Waals surface area (Å²) in [6.45, 7) is 8.25. The number of rotatable bonds is 6. The molecule has 0 spiro atoms. The lowest BCUT2D eigenvalue weighted by atomic mass is 10.2. The molecule has 0 aromatic carbocycles. The van der Waals surface area contributed by atoms with Crippen molar-refractivity contribution in [2.75, 3.05) is 20.2 Å². The monoisotopic (exact) mass is 187 g/mol. The number of carbonyl (C=O) groups is 1. The Balaban J connectivity index is 3.78. The highest BCUT2D eigenvalue weighted by molar-refractivity contribution is 5.69. The van der Waals surface area contributed by atoms with E-state index in [0.29, 0.717) is 12.5 Å². The van der Waals surface area contributed by atoms with Gasteiger partial charge in [-0.15, -0.1) is 0 Å². The van der Waals surface area contributed by atoms with Crippen LogP contribution in [0, 0.1) is 0 Å². The standard InChI is InChI=1S/C10H21NO2/c1-5-9(3)11(6-2)8-7-10(12)13-4/h9H,5-8H2,1-4H3. The van der Waals surface area contributed by atoms with Crippen LogP contribution in [0.2, 0.25) is 0 Å². The van der Waals surface area contributed by atoms with Gasteiger partial charge < -0.3 is 9.64 Å². The zero-order chi connectivity index (χ0) is 10.3. The SMILES string of the molecule is CCC(C)N(CC)CCC(=O)OC. The molecule has 0 amide bonds. The quantitative estimate of drug-likeness (QED) is 0.592. The molecule has 0 heterocycles. The van der Waals surface area contributed by atoms with Gasteiger partial charge in [-0.1, -0.05) is 13.8 Å². The summed E-state index contributed by atoms with van der Waals surface area (Å²) in [6, 6.07) is 0.551. The third-order valence-corrected chi connectivity index (χ3v) is 2.45. The van der Waals surface area contributed by atoms with Crippen LogP contribution in [-0.4, -0.2) is 37.1 Å². The molecule has 0 saturated heterocycles. The summed E-state index contributed by atoms with van der Waals surface area (Å²) in [4.78, 5) is 13.2. The van der Waals surface area contributed by atoms with E-state index in [4.69, 9.17) is 0 Å². The van der Waals surface area contributed by atoms with Crippen LogP contribution in [0.5, 0.6) is 0 Å². The van der Waals surface area contributed by atoms with Gasteiger partial charge in [0.25, 0.3) is 0 Å². The normalized spacial score (nSPS) is 13.0. The minimum atomic E-state index is -0.123. The zero-order valence-electron chi connectivity index (χ0n) is 9.17. The highest BCUT2D eigenvalue weighted by Gasteiger charge is 2.11. The van der Waals surface area contributed by atoms with E-state index < -0.39 is 0 Å². The predicted molar refractivity (Wildman–Crippen MR) is 53.6 cm³/mol.